The van der Waals surface area contributed by atoms with Gasteiger partial charge < -0.3 is 19.1 Å². The van der Waals surface area contributed by atoms with Crippen molar-refractivity contribution in [1.29, 1.82) is 0 Å². The maximum Gasteiger partial charge on any atom is 0.135 e. The minimum absolute atomic E-state index is 0. The van der Waals surface area contributed by atoms with Crippen molar-refractivity contribution in [2.75, 3.05) is 9.80 Å². The Balaban J connectivity index is 0.00000490. The average molecular weight is 987 g/mol. The van der Waals surface area contributed by atoms with E-state index in [0.29, 0.717) is 11.5 Å². The van der Waals surface area contributed by atoms with Gasteiger partial charge in [-0.15, -0.1) is 48.1 Å². The van der Waals surface area contributed by atoms with E-state index >= 15 is 0 Å². The van der Waals surface area contributed by atoms with E-state index in [0.717, 1.165) is 72.6 Å². The Morgan fingerprint density at radius 1 is 0.532 bits per heavy atom. The predicted octanol–water partition coefficient (Wildman–Crippen LogP) is 14.9. The molecule has 0 N–H and O–H groups in total. The molecule has 0 spiro atoms. The number of para-hydroxylation sites is 2. The zero-order valence-corrected chi connectivity index (χ0v) is 38.0. The quantitative estimate of drug-likeness (QED) is 0.149. The summed E-state index contributed by atoms with van der Waals surface area (Å²) in [5.74, 6) is 2.05. The van der Waals surface area contributed by atoms with E-state index in [2.05, 4.69) is 220 Å². The van der Waals surface area contributed by atoms with Crippen molar-refractivity contribution < 1.29 is 25.8 Å². The Kier molecular flexibility index (Phi) is 10.7. The molecule has 0 unspecified atom stereocenters. The SMILES string of the molecule is CC(C)(C)c1ccnc(-n2c3[c-]c(Oc4[c-]c(N5[CH-]N(c6cc(C(C)(C)C)ccc6-c6ccccc6)c6c(-c7ccccc7)cccc65)ccc4)ccc3c3ccccc32)c1.[Pt]. The molecule has 1 aliphatic rings. The van der Waals surface area contributed by atoms with E-state index in [9.17, 15) is 0 Å². The van der Waals surface area contributed by atoms with Gasteiger partial charge in [0.25, 0.3) is 0 Å². The molecule has 0 saturated carbocycles. The van der Waals surface area contributed by atoms with Crippen molar-refractivity contribution in [1.82, 2.24) is 9.55 Å². The summed E-state index contributed by atoms with van der Waals surface area (Å²) in [5, 5.41) is 2.23. The second kappa shape index (κ2) is 16.1. The van der Waals surface area contributed by atoms with E-state index in [1.54, 1.807) is 0 Å². The van der Waals surface area contributed by atoms with Crippen molar-refractivity contribution >= 4 is 44.6 Å². The van der Waals surface area contributed by atoms with E-state index in [1.807, 2.05) is 24.4 Å². The Hall–Kier alpha value is -6.42. The molecule has 5 nitrogen and oxygen atoms in total. The third-order valence-electron chi connectivity index (χ3n) is 11.7. The number of rotatable bonds is 7. The molecule has 0 aliphatic carbocycles. The van der Waals surface area contributed by atoms with Crippen LogP contribution in [0.3, 0.4) is 0 Å². The van der Waals surface area contributed by atoms with Crippen LogP contribution in [0.5, 0.6) is 11.5 Å². The Morgan fingerprint density at radius 3 is 1.94 bits per heavy atom. The fraction of sp³-hybridized carbons (Fsp3) is 0.143. The van der Waals surface area contributed by atoms with Gasteiger partial charge in [0.2, 0.25) is 0 Å². The monoisotopic (exact) mass is 986 g/mol. The van der Waals surface area contributed by atoms with Crippen LogP contribution < -0.4 is 14.5 Å². The van der Waals surface area contributed by atoms with Crippen LogP contribution >= 0.6 is 0 Å². The van der Waals surface area contributed by atoms with Gasteiger partial charge in [-0.3, -0.25) is 0 Å². The maximum absolute atomic E-state index is 6.68. The average Bonchev–Trinajstić information content (AvgIpc) is 3.83. The zero-order valence-electron chi connectivity index (χ0n) is 35.8. The van der Waals surface area contributed by atoms with E-state index in [4.69, 9.17) is 9.72 Å². The number of aromatic nitrogens is 2. The molecule has 10 rings (SSSR count). The first kappa shape index (κ1) is 41.0. The Morgan fingerprint density at radius 2 is 1.19 bits per heavy atom. The normalized spacial score (nSPS) is 12.7. The Bertz CT molecular complexity index is 3070. The topological polar surface area (TPSA) is 33.5 Å². The number of hydrogen-bond donors (Lipinski definition) is 0. The van der Waals surface area contributed by atoms with Gasteiger partial charge >= 0.3 is 0 Å². The summed E-state index contributed by atoms with van der Waals surface area (Å²) in [7, 11) is 0. The number of hydrogen-bond acceptors (Lipinski definition) is 4. The summed E-state index contributed by atoms with van der Waals surface area (Å²) in [6, 6.07) is 65.0. The number of fused-ring (bicyclic) bond motifs is 4. The van der Waals surface area contributed by atoms with Gasteiger partial charge in [0.05, 0.1) is 0 Å². The van der Waals surface area contributed by atoms with E-state index in [1.165, 1.54) is 11.1 Å². The summed E-state index contributed by atoms with van der Waals surface area (Å²) in [6.45, 7) is 15.7. The second-order valence-electron chi connectivity index (χ2n) is 17.8. The molecule has 0 saturated heterocycles. The summed E-state index contributed by atoms with van der Waals surface area (Å²) in [4.78, 5) is 9.45. The predicted molar refractivity (Wildman–Crippen MR) is 252 cm³/mol. The third kappa shape index (κ3) is 7.49. The summed E-state index contributed by atoms with van der Waals surface area (Å²) >= 11 is 0. The molecule has 310 valence electrons. The van der Waals surface area contributed by atoms with Gasteiger partial charge in [0.15, 0.2) is 0 Å². The van der Waals surface area contributed by atoms with Crippen molar-refractivity contribution in [2.24, 2.45) is 0 Å². The minimum Gasteiger partial charge on any atom is -0.509 e. The van der Waals surface area contributed by atoms with Gasteiger partial charge in [-0.05, 0) is 68.8 Å². The molecule has 62 heavy (non-hydrogen) atoms. The first-order chi connectivity index (χ1) is 29.5. The third-order valence-corrected chi connectivity index (χ3v) is 11.7. The van der Waals surface area contributed by atoms with Crippen LogP contribution in [-0.2, 0) is 31.9 Å². The van der Waals surface area contributed by atoms with Crippen molar-refractivity contribution in [2.45, 2.75) is 52.4 Å². The number of ether oxygens (including phenoxy) is 1. The molecule has 7 aromatic carbocycles. The maximum atomic E-state index is 6.68. The molecule has 6 heteroatoms. The minimum atomic E-state index is -0.0496. The number of benzene rings is 7. The molecule has 3 heterocycles. The number of pyridine rings is 1. The van der Waals surface area contributed by atoms with Crippen molar-refractivity contribution in [3.8, 4) is 39.6 Å². The molecular formula is C56H47N4OPt-3. The van der Waals surface area contributed by atoms with Crippen LogP contribution in [-0.4, -0.2) is 9.55 Å². The van der Waals surface area contributed by atoms with Gasteiger partial charge in [-0.2, -0.15) is 12.1 Å². The first-order valence-corrected chi connectivity index (χ1v) is 21.0. The number of nitrogens with zero attached hydrogens (tertiary/aromatic N) is 4. The molecule has 9 aromatic rings. The van der Waals surface area contributed by atoms with Crippen molar-refractivity contribution in [3.05, 3.63) is 200 Å². The van der Waals surface area contributed by atoms with Gasteiger partial charge in [-0.25, -0.2) is 4.98 Å². The van der Waals surface area contributed by atoms with E-state index < -0.39 is 0 Å². The second-order valence-corrected chi connectivity index (χ2v) is 17.8. The number of anilines is 4. The molecule has 0 radical (unpaired) electrons. The van der Waals surface area contributed by atoms with Crippen LogP contribution in [0.25, 0.3) is 49.9 Å². The first-order valence-electron chi connectivity index (χ1n) is 21.0. The van der Waals surface area contributed by atoms with Crippen LogP contribution in [0.15, 0.2) is 170 Å². The summed E-state index contributed by atoms with van der Waals surface area (Å²) in [5.41, 5.74) is 13.1. The molecule has 1 aliphatic heterocycles. The summed E-state index contributed by atoms with van der Waals surface area (Å²) < 4.78 is 8.87. The van der Waals surface area contributed by atoms with Crippen LogP contribution in [0.2, 0.25) is 0 Å². The smallest absolute Gasteiger partial charge is 0.135 e. The molecule has 2 aromatic heterocycles. The molecule has 0 amide bonds. The van der Waals surface area contributed by atoms with Gasteiger partial charge in [-0.1, -0.05) is 150 Å². The fourth-order valence-electron chi connectivity index (χ4n) is 8.43. The van der Waals surface area contributed by atoms with Crippen LogP contribution in [0.4, 0.5) is 22.7 Å². The zero-order chi connectivity index (χ0) is 41.9. The largest absolute Gasteiger partial charge is 0.509 e. The fourth-order valence-corrected chi connectivity index (χ4v) is 8.43. The molecular weight excluding hydrogens is 940 g/mol. The van der Waals surface area contributed by atoms with E-state index in [-0.39, 0.29) is 31.9 Å². The van der Waals surface area contributed by atoms with Gasteiger partial charge in [0.1, 0.15) is 5.82 Å². The van der Waals surface area contributed by atoms with Crippen molar-refractivity contribution in [3.63, 3.8) is 0 Å². The summed E-state index contributed by atoms with van der Waals surface area (Å²) in [6.07, 6.45) is 1.90. The van der Waals surface area contributed by atoms with Crippen LogP contribution in [0.1, 0.15) is 52.7 Å². The molecule has 0 atom stereocenters. The van der Waals surface area contributed by atoms with Gasteiger partial charge in [0, 0.05) is 72.5 Å². The van der Waals surface area contributed by atoms with Crippen LogP contribution in [0, 0.1) is 18.8 Å². The molecule has 0 fully saturated rings. The molecule has 0 bridgehead atoms. The Labute approximate surface area is 379 Å². The standard InChI is InChI=1S/C56H47N4O.Pt/c1-55(2,3)40-27-29-45(38-17-9-7-10-18-38)51(33-40)59-37-58(50-26-16-24-46(54(50)59)39-19-11-8-12-20-39)42-21-15-22-43(35-42)61-44-28-30-48-47-23-13-14-25-49(47)60(52(48)36-44)53-34-41(31-32-57-53)56(4,5)6;/h7-34,37H,1-6H3;/q-3;.